The van der Waals surface area contributed by atoms with Crippen molar-refractivity contribution in [1.29, 1.82) is 0 Å². The van der Waals surface area contributed by atoms with E-state index in [4.69, 9.17) is 4.74 Å². The summed E-state index contributed by atoms with van der Waals surface area (Å²) in [6.45, 7) is 10.4. The van der Waals surface area contributed by atoms with Gasteiger partial charge in [-0.2, -0.15) is 0 Å². The van der Waals surface area contributed by atoms with Gasteiger partial charge in [0.05, 0.1) is 19.7 Å². The Bertz CT molecular complexity index is 756. The molecule has 0 radical (unpaired) electrons. The van der Waals surface area contributed by atoms with Crippen molar-refractivity contribution in [3.8, 4) is 0 Å². The van der Waals surface area contributed by atoms with Crippen molar-refractivity contribution in [3.05, 3.63) is 45.9 Å². The number of carbonyl (C=O) groups excluding carboxylic acids is 1. The number of morpholine rings is 1. The van der Waals surface area contributed by atoms with Crippen LogP contribution in [-0.4, -0.2) is 40.8 Å². The molecule has 1 aliphatic heterocycles. The average molecular weight is 375 g/mol. The third kappa shape index (κ3) is 4.22. The van der Waals surface area contributed by atoms with Crippen molar-refractivity contribution in [2.24, 2.45) is 0 Å². The first-order valence-electron chi connectivity index (χ1n) is 8.83. The van der Waals surface area contributed by atoms with E-state index < -0.39 is 5.60 Å². The van der Waals surface area contributed by atoms with Crippen molar-refractivity contribution in [2.45, 2.75) is 45.3 Å². The summed E-state index contributed by atoms with van der Waals surface area (Å²) in [5.41, 5.74) is 0.567. The Kier molecular flexibility index (Phi) is 5.29. The summed E-state index contributed by atoms with van der Waals surface area (Å²) in [6.07, 6.45) is 0. The minimum atomic E-state index is -0.487. The molecule has 1 atom stereocenters. The number of rotatable bonds is 3. The number of benzene rings is 1. The summed E-state index contributed by atoms with van der Waals surface area (Å²) >= 11 is 1.54. The lowest BCUT2D eigenvalue weighted by Gasteiger charge is -2.40. The Labute approximate surface area is 158 Å². The molecule has 0 bridgehead atoms. The van der Waals surface area contributed by atoms with Crippen molar-refractivity contribution in [2.75, 3.05) is 19.7 Å². The van der Waals surface area contributed by atoms with Crippen LogP contribution in [0.15, 0.2) is 30.3 Å². The lowest BCUT2D eigenvalue weighted by molar-refractivity contribution is -0.0906. The van der Waals surface area contributed by atoms with Crippen molar-refractivity contribution in [1.82, 2.24) is 20.4 Å². The number of hydrogen-bond acceptors (Lipinski definition) is 5. The van der Waals surface area contributed by atoms with E-state index in [2.05, 4.69) is 36.3 Å². The number of amides is 2. The highest BCUT2D eigenvalue weighted by Crippen LogP contribution is 2.29. The maximum absolute atomic E-state index is 12.6. The van der Waals surface area contributed by atoms with Gasteiger partial charge in [-0.25, -0.2) is 4.79 Å². The van der Waals surface area contributed by atoms with Gasteiger partial charge in [0.1, 0.15) is 15.6 Å². The molecule has 2 amide bonds. The molecule has 0 saturated carbocycles. The van der Waals surface area contributed by atoms with Gasteiger partial charge in [-0.15, -0.1) is 10.2 Å². The lowest BCUT2D eigenvalue weighted by Crippen LogP contribution is -2.53. The fourth-order valence-electron chi connectivity index (χ4n) is 2.90. The Morgan fingerprint density at radius 3 is 2.69 bits per heavy atom. The van der Waals surface area contributed by atoms with Gasteiger partial charge in [0, 0.05) is 12.0 Å². The minimum Gasteiger partial charge on any atom is -0.367 e. The van der Waals surface area contributed by atoms with Gasteiger partial charge in [0.15, 0.2) is 0 Å². The zero-order chi connectivity index (χ0) is 18.8. The molecule has 1 aromatic heterocycles. The molecule has 1 aliphatic rings. The Hall–Kier alpha value is -1.99. The fraction of sp³-hybridized carbons (Fsp3) is 0.526. The van der Waals surface area contributed by atoms with Crippen LogP contribution < -0.4 is 5.32 Å². The van der Waals surface area contributed by atoms with Gasteiger partial charge in [-0.3, -0.25) is 0 Å². The number of nitrogens with one attached hydrogen (secondary N) is 1. The first kappa shape index (κ1) is 18.8. The third-order valence-electron chi connectivity index (χ3n) is 4.45. The summed E-state index contributed by atoms with van der Waals surface area (Å²) in [7, 11) is 0. The average Bonchev–Trinajstić information content (AvgIpc) is 3.10. The highest BCUT2D eigenvalue weighted by Gasteiger charge is 2.35. The molecule has 2 heterocycles. The first-order valence-corrected chi connectivity index (χ1v) is 9.65. The maximum atomic E-state index is 12.6. The molecule has 26 heavy (non-hydrogen) atoms. The second kappa shape index (κ2) is 7.32. The van der Waals surface area contributed by atoms with E-state index in [9.17, 15) is 4.79 Å². The predicted molar refractivity (Wildman–Crippen MR) is 102 cm³/mol. The summed E-state index contributed by atoms with van der Waals surface area (Å²) in [5, 5.41) is 13.2. The van der Waals surface area contributed by atoms with E-state index in [1.165, 1.54) is 0 Å². The molecule has 1 unspecified atom stereocenters. The quantitative estimate of drug-likeness (QED) is 0.895. The van der Waals surface area contributed by atoms with Crippen LogP contribution in [0, 0.1) is 0 Å². The van der Waals surface area contributed by atoms with Gasteiger partial charge in [-0.1, -0.05) is 62.4 Å². The van der Waals surface area contributed by atoms with Gasteiger partial charge < -0.3 is 15.0 Å². The predicted octanol–water partition coefficient (Wildman–Crippen LogP) is 3.29. The third-order valence-corrected chi connectivity index (χ3v) is 5.79. The zero-order valence-electron chi connectivity index (χ0n) is 15.8. The van der Waals surface area contributed by atoms with Crippen LogP contribution >= 0.6 is 11.3 Å². The molecule has 0 aliphatic carbocycles. The smallest absolute Gasteiger partial charge is 0.317 e. The molecule has 3 rings (SSSR count). The fourth-order valence-corrected chi connectivity index (χ4v) is 3.74. The van der Waals surface area contributed by atoms with Crippen molar-refractivity contribution < 1.29 is 9.53 Å². The Balaban J connectivity index is 1.60. The standard InChI is InChI=1S/C19H26N4O2S/c1-18(2,3)16-22-21-15(26-16)12-20-17(24)23-10-11-25-19(4,13-23)14-8-6-5-7-9-14/h5-9H,10-13H2,1-4H3,(H,20,24). The highest BCUT2D eigenvalue weighted by atomic mass is 32.1. The molecule has 7 heteroatoms. The molecule has 6 nitrogen and oxygen atoms in total. The van der Waals surface area contributed by atoms with Crippen LogP contribution in [0.3, 0.4) is 0 Å². The number of carbonyl (C=O) groups is 1. The normalized spacial score (nSPS) is 20.8. The summed E-state index contributed by atoms with van der Waals surface area (Å²) in [4.78, 5) is 14.4. The van der Waals surface area contributed by atoms with Crippen LogP contribution in [0.2, 0.25) is 0 Å². The van der Waals surface area contributed by atoms with E-state index in [1.54, 1.807) is 11.3 Å². The zero-order valence-corrected chi connectivity index (χ0v) is 16.6. The second-order valence-corrected chi connectivity index (χ2v) is 8.84. The van der Waals surface area contributed by atoms with Crippen LogP contribution in [-0.2, 0) is 22.3 Å². The largest absolute Gasteiger partial charge is 0.367 e. The summed E-state index contributed by atoms with van der Waals surface area (Å²) in [6, 6.07) is 9.95. The van der Waals surface area contributed by atoms with E-state index >= 15 is 0 Å². The number of hydrogen-bond donors (Lipinski definition) is 1. The molecule has 0 spiro atoms. The number of aromatic nitrogens is 2. The van der Waals surface area contributed by atoms with Gasteiger partial charge in [-0.05, 0) is 12.5 Å². The molecular formula is C19H26N4O2S. The maximum Gasteiger partial charge on any atom is 0.317 e. The van der Waals surface area contributed by atoms with Crippen molar-refractivity contribution >= 4 is 17.4 Å². The summed E-state index contributed by atoms with van der Waals surface area (Å²) in [5.74, 6) is 0. The van der Waals surface area contributed by atoms with Gasteiger partial charge in [0.25, 0.3) is 0 Å². The van der Waals surface area contributed by atoms with E-state index in [0.717, 1.165) is 15.6 Å². The first-order chi connectivity index (χ1) is 12.3. The van der Waals surface area contributed by atoms with Gasteiger partial charge >= 0.3 is 6.03 Å². The van der Waals surface area contributed by atoms with E-state index in [1.807, 2.05) is 42.2 Å². The monoisotopic (exact) mass is 374 g/mol. The molecule has 1 N–H and O–H groups in total. The molecule has 1 aromatic carbocycles. The molecule has 1 fully saturated rings. The number of ether oxygens (including phenoxy) is 1. The Morgan fingerprint density at radius 2 is 2.04 bits per heavy atom. The topological polar surface area (TPSA) is 67.4 Å². The van der Waals surface area contributed by atoms with Crippen LogP contribution in [0.1, 0.15) is 43.3 Å². The molecular weight excluding hydrogens is 348 g/mol. The van der Waals surface area contributed by atoms with Crippen molar-refractivity contribution in [3.63, 3.8) is 0 Å². The van der Waals surface area contributed by atoms with Crippen LogP contribution in [0.25, 0.3) is 0 Å². The summed E-state index contributed by atoms with van der Waals surface area (Å²) < 4.78 is 5.99. The number of urea groups is 1. The number of nitrogens with zero attached hydrogens (tertiary/aromatic N) is 3. The molecule has 2 aromatic rings. The van der Waals surface area contributed by atoms with Crippen LogP contribution in [0.5, 0.6) is 0 Å². The van der Waals surface area contributed by atoms with E-state index in [0.29, 0.717) is 26.2 Å². The lowest BCUT2D eigenvalue weighted by atomic mass is 9.94. The highest BCUT2D eigenvalue weighted by molar-refractivity contribution is 7.11. The molecule has 1 saturated heterocycles. The van der Waals surface area contributed by atoms with Gasteiger partial charge in [0.2, 0.25) is 0 Å². The second-order valence-electron chi connectivity index (χ2n) is 7.78. The van der Waals surface area contributed by atoms with Crippen LogP contribution in [0.4, 0.5) is 4.79 Å². The minimum absolute atomic E-state index is 0.0262. The van der Waals surface area contributed by atoms with E-state index in [-0.39, 0.29) is 11.4 Å². The SMILES string of the molecule is CC(C)(C)c1nnc(CNC(=O)N2CCOC(C)(c3ccccc3)C2)s1. The Morgan fingerprint density at radius 1 is 1.31 bits per heavy atom. The molecule has 140 valence electrons.